The third kappa shape index (κ3) is 5.12. The van der Waals surface area contributed by atoms with E-state index in [1.165, 1.54) is 6.20 Å². The lowest BCUT2D eigenvalue weighted by Gasteiger charge is -2.13. The van der Waals surface area contributed by atoms with Gasteiger partial charge in [-0.2, -0.15) is 0 Å². The van der Waals surface area contributed by atoms with Crippen molar-refractivity contribution < 1.29 is 18.3 Å². The first-order valence-corrected chi connectivity index (χ1v) is 7.23. The number of amides is 1. The zero-order chi connectivity index (χ0) is 16.2. The number of thiazole rings is 1. The Balaban J connectivity index is 0.00000264. The van der Waals surface area contributed by atoms with Crippen LogP contribution >= 0.6 is 23.7 Å². The average molecular weight is 364 g/mol. The quantitative estimate of drug-likeness (QED) is 0.827. The number of benzene rings is 1. The van der Waals surface area contributed by atoms with Crippen LogP contribution in [0.1, 0.15) is 9.67 Å². The van der Waals surface area contributed by atoms with E-state index in [0.29, 0.717) is 10.8 Å². The molecule has 2 aromatic rings. The zero-order valence-electron chi connectivity index (χ0n) is 12.2. The summed E-state index contributed by atoms with van der Waals surface area (Å²) in [5.74, 6) is -2.99. The number of nitrogens with two attached hydrogens (primary N) is 1. The van der Waals surface area contributed by atoms with Gasteiger partial charge in [-0.15, -0.1) is 23.7 Å². The fourth-order valence-electron chi connectivity index (χ4n) is 1.62. The molecule has 1 aromatic heterocycles. The topological polar surface area (TPSA) is 77.2 Å². The standard InChI is InChI=1S/C14H15F2N3O2S.ClH/c1-21-10-4-2-9(3-5-10)13-18-6-11(22-13)12(20)19-8-14(15,16)7-17;/h2-6H,7-8,17H2,1H3,(H,19,20);1H. The summed E-state index contributed by atoms with van der Waals surface area (Å²) in [5.41, 5.74) is 5.73. The lowest BCUT2D eigenvalue weighted by Crippen LogP contribution is -2.41. The summed E-state index contributed by atoms with van der Waals surface area (Å²) in [6, 6.07) is 7.17. The molecule has 9 heteroatoms. The van der Waals surface area contributed by atoms with Gasteiger partial charge in [-0.05, 0) is 24.3 Å². The summed E-state index contributed by atoms with van der Waals surface area (Å²) < 4.78 is 31.1. The van der Waals surface area contributed by atoms with Crippen molar-refractivity contribution in [1.82, 2.24) is 10.3 Å². The molecule has 0 aliphatic carbocycles. The van der Waals surface area contributed by atoms with Gasteiger partial charge < -0.3 is 15.8 Å². The van der Waals surface area contributed by atoms with E-state index >= 15 is 0 Å². The molecule has 5 nitrogen and oxygen atoms in total. The number of ether oxygens (including phenoxy) is 1. The van der Waals surface area contributed by atoms with Crippen LogP contribution < -0.4 is 15.8 Å². The SMILES string of the molecule is COc1ccc(-c2ncc(C(=O)NCC(F)(F)CN)s2)cc1.Cl. The van der Waals surface area contributed by atoms with Crippen molar-refractivity contribution in [2.24, 2.45) is 5.73 Å². The Labute approximate surface area is 142 Å². The van der Waals surface area contributed by atoms with Gasteiger partial charge in [0.25, 0.3) is 11.8 Å². The van der Waals surface area contributed by atoms with Crippen molar-refractivity contribution in [1.29, 1.82) is 0 Å². The molecule has 1 heterocycles. The minimum Gasteiger partial charge on any atom is -0.497 e. The molecule has 0 fully saturated rings. The van der Waals surface area contributed by atoms with Crippen LogP contribution in [-0.4, -0.2) is 37.0 Å². The summed E-state index contributed by atoms with van der Waals surface area (Å²) in [6.07, 6.45) is 1.36. The molecule has 0 radical (unpaired) electrons. The minimum atomic E-state index is -3.11. The van der Waals surface area contributed by atoms with E-state index in [1.54, 1.807) is 19.2 Å². The number of rotatable bonds is 6. The predicted octanol–water partition coefficient (Wildman–Crippen LogP) is 2.56. The summed E-state index contributed by atoms with van der Waals surface area (Å²) in [7, 11) is 1.57. The number of halogens is 3. The molecule has 0 aliphatic rings. The van der Waals surface area contributed by atoms with Gasteiger partial charge in [0.15, 0.2) is 0 Å². The molecule has 126 valence electrons. The highest BCUT2D eigenvalue weighted by Crippen LogP contribution is 2.26. The van der Waals surface area contributed by atoms with E-state index in [-0.39, 0.29) is 17.3 Å². The van der Waals surface area contributed by atoms with Gasteiger partial charge >= 0.3 is 0 Å². The molecular weight excluding hydrogens is 348 g/mol. The number of nitrogens with one attached hydrogen (secondary N) is 1. The van der Waals surface area contributed by atoms with Crippen molar-refractivity contribution in [2.75, 3.05) is 20.2 Å². The summed E-state index contributed by atoms with van der Waals surface area (Å²) in [5, 5.41) is 2.78. The molecule has 0 atom stereocenters. The number of hydrogen-bond acceptors (Lipinski definition) is 5. The van der Waals surface area contributed by atoms with Crippen LogP contribution in [0.4, 0.5) is 8.78 Å². The van der Waals surface area contributed by atoms with Crippen molar-refractivity contribution in [3.63, 3.8) is 0 Å². The van der Waals surface area contributed by atoms with Gasteiger partial charge in [-0.1, -0.05) is 0 Å². The molecule has 23 heavy (non-hydrogen) atoms. The molecule has 0 bridgehead atoms. The largest absolute Gasteiger partial charge is 0.497 e. The summed E-state index contributed by atoms with van der Waals surface area (Å²) in [4.78, 5) is 16.2. The number of hydrogen-bond donors (Lipinski definition) is 2. The van der Waals surface area contributed by atoms with E-state index in [0.717, 1.165) is 16.9 Å². The van der Waals surface area contributed by atoms with Crippen molar-refractivity contribution in [3.8, 4) is 16.3 Å². The molecule has 0 unspecified atom stereocenters. The maximum Gasteiger partial charge on any atom is 0.277 e. The fourth-order valence-corrected chi connectivity index (χ4v) is 2.45. The summed E-state index contributed by atoms with van der Waals surface area (Å²) in [6.45, 7) is -1.61. The molecule has 0 saturated heterocycles. The Hall–Kier alpha value is -1.77. The molecule has 2 rings (SSSR count). The second-order valence-corrected chi connectivity index (χ2v) is 5.53. The number of carbonyl (C=O) groups is 1. The van der Waals surface area contributed by atoms with E-state index < -0.39 is 24.9 Å². The van der Waals surface area contributed by atoms with Gasteiger partial charge in [-0.3, -0.25) is 4.79 Å². The van der Waals surface area contributed by atoms with Crippen molar-refractivity contribution in [3.05, 3.63) is 35.3 Å². The lowest BCUT2D eigenvalue weighted by atomic mass is 10.2. The van der Waals surface area contributed by atoms with E-state index in [9.17, 15) is 13.6 Å². The first kappa shape index (κ1) is 19.3. The molecular formula is C14H16ClF2N3O2S. The second-order valence-electron chi connectivity index (χ2n) is 4.50. The third-order valence-corrected chi connectivity index (χ3v) is 3.92. The van der Waals surface area contributed by atoms with Gasteiger partial charge in [-0.25, -0.2) is 13.8 Å². The van der Waals surface area contributed by atoms with Crippen molar-refractivity contribution in [2.45, 2.75) is 5.92 Å². The third-order valence-electron chi connectivity index (χ3n) is 2.87. The Morgan fingerprint density at radius 3 is 2.61 bits per heavy atom. The second kappa shape index (κ2) is 8.19. The number of methoxy groups -OCH3 is 1. The average Bonchev–Trinajstić information content (AvgIpc) is 3.03. The Morgan fingerprint density at radius 1 is 1.39 bits per heavy atom. The van der Waals surface area contributed by atoms with E-state index in [2.05, 4.69) is 10.3 Å². The summed E-state index contributed by atoms with van der Waals surface area (Å²) >= 11 is 1.13. The monoisotopic (exact) mass is 363 g/mol. The van der Waals surface area contributed by atoms with Gasteiger partial charge in [0, 0.05) is 5.56 Å². The number of aromatic nitrogens is 1. The Bertz CT molecular complexity index is 650. The van der Waals surface area contributed by atoms with Gasteiger partial charge in [0.05, 0.1) is 26.4 Å². The van der Waals surface area contributed by atoms with Crippen LogP contribution in [0.15, 0.2) is 30.5 Å². The highest BCUT2D eigenvalue weighted by atomic mass is 35.5. The highest BCUT2D eigenvalue weighted by molar-refractivity contribution is 7.16. The Kier molecular flexibility index (Phi) is 6.86. The Morgan fingerprint density at radius 2 is 2.04 bits per heavy atom. The molecule has 1 aromatic carbocycles. The fraction of sp³-hybridized carbons (Fsp3) is 0.286. The maximum absolute atomic E-state index is 13.0. The number of carbonyl (C=O) groups excluding carboxylic acids is 1. The number of alkyl halides is 2. The molecule has 0 saturated carbocycles. The normalized spacial score (nSPS) is 10.8. The van der Waals surface area contributed by atoms with Crippen molar-refractivity contribution >= 4 is 29.7 Å². The van der Waals surface area contributed by atoms with E-state index in [4.69, 9.17) is 10.5 Å². The first-order chi connectivity index (χ1) is 10.4. The minimum absolute atomic E-state index is 0. The van der Waals surface area contributed by atoms with Crippen LogP contribution in [0.25, 0.3) is 10.6 Å². The van der Waals surface area contributed by atoms with Crippen LogP contribution in [0.2, 0.25) is 0 Å². The molecule has 1 amide bonds. The van der Waals surface area contributed by atoms with Gasteiger partial charge in [0.1, 0.15) is 15.6 Å². The van der Waals surface area contributed by atoms with Crippen LogP contribution in [0.5, 0.6) is 5.75 Å². The maximum atomic E-state index is 13.0. The van der Waals surface area contributed by atoms with Gasteiger partial charge in [0.2, 0.25) is 0 Å². The molecule has 3 N–H and O–H groups in total. The molecule has 0 aliphatic heterocycles. The predicted molar refractivity (Wildman–Crippen MR) is 87.7 cm³/mol. The number of nitrogens with zero attached hydrogens (tertiary/aromatic N) is 1. The van der Waals surface area contributed by atoms with Crippen LogP contribution in [-0.2, 0) is 0 Å². The van der Waals surface area contributed by atoms with Crippen LogP contribution in [0.3, 0.4) is 0 Å². The smallest absolute Gasteiger partial charge is 0.277 e. The molecule has 0 spiro atoms. The lowest BCUT2D eigenvalue weighted by molar-refractivity contribution is 0.0119. The highest BCUT2D eigenvalue weighted by Gasteiger charge is 2.27. The first-order valence-electron chi connectivity index (χ1n) is 6.41. The zero-order valence-corrected chi connectivity index (χ0v) is 13.8. The van der Waals surface area contributed by atoms with E-state index in [1.807, 2.05) is 12.1 Å². The van der Waals surface area contributed by atoms with Crippen LogP contribution in [0, 0.1) is 0 Å².